The van der Waals surface area contributed by atoms with E-state index in [0.29, 0.717) is 18.6 Å². The molecule has 2 rings (SSSR count). The fraction of sp³-hybridized carbons (Fsp3) is 0.462. The maximum atomic E-state index is 11.9. The van der Waals surface area contributed by atoms with Crippen LogP contribution >= 0.6 is 0 Å². The first kappa shape index (κ1) is 15.0. The number of ether oxygens (including phenoxy) is 1. The molecular formula is C13H17NO5S. The van der Waals surface area contributed by atoms with Crippen molar-refractivity contribution in [1.29, 1.82) is 0 Å². The maximum Gasteiger partial charge on any atom is 0.264 e. The van der Waals surface area contributed by atoms with Gasteiger partial charge in [0.2, 0.25) is 0 Å². The second-order valence-corrected chi connectivity index (χ2v) is 6.37. The van der Waals surface area contributed by atoms with Gasteiger partial charge in [0.1, 0.15) is 0 Å². The Labute approximate surface area is 118 Å². The maximum absolute atomic E-state index is 11.9. The summed E-state index contributed by atoms with van der Waals surface area (Å²) in [7, 11) is -3.56. The summed E-state index contributed by atoms with van der Waals surface area (Å²) in [5.41, 5.74) is 5.85. The van der Waals surface area contributed by atoms with Crippen molar-refractivity contribution in [3.63, 3.8) is 0 Å². The second-order valence-electron chi connectivity index (χ2n) is 4.72. The molecule has 2 N–H and O–H groups in total. The summed E-state index contributed by atoms with van der Waals surface area (Å²) in [5, 5.41) is 0. The molecule has 0 saturated carbocycles. The van der Waals surface area contributed by atoms with Gasteiger partial charge in [-0.05, 0) is 17.5 Å². The lowest BCUT2D eigenvalue weighted by Gasteiger charge is -2.36. The van der Waals surface area contributed by atoms with Crippen LogP contribution in [0.25, 0.3) is 0 Å². The largest absolute Gasteiger partial charge is 0.367 e. The lowest BCUT2D eigenvalue weighted by molar-refractivity contribution is -0.149. The van der Waals surface area contributed by atoms with Gasteiger partial charge < -0.3 is 10.5 Å². The molecule has 1 aliphatic heterocycles. The number of hydrogen-bond donors (Lipinski definition) is 1. The number of rotatable bonds is 5. The molecule has 0 fully saturated rings. The summed E-state index contributed by atoms with van der Waals surface area (Å²) in [6.07, 6.45) is 1.71. The van der Waals surface area contributed by atoms with Crippen LogP contribution in [0, 0.1) is 0 Å². The predicted molar refractivity (Wildman–Crippen MR) is 72.4 cm³/mol. The van der Waals surface area contributed by atoms with Gasteiger partial charge in [0.05, 0.1) is 19.5 Å². The van der Waals surface area contributed by atoms with E-state index in [9.17, 15) is 13.2 Å². The van der Waals surface area contributed by atoms with Crippen LogP contribution in [0.5, 0.6) is 0 Å². The average molecular weight is 299 g/mol. The van der Waals surface area contributed by atoms with E-state index >= 15 is 0 Å². The van der Waals surface area contributed by atoms with Crippen LogP contribution in [0.2, 0.25) is 0 Å². The fourth-order valence-corrected chi connectivity index (χ4v) is 2.80. The third kappa shape index (κ3) is 3.00. The van der Waals surface area contributed by atoms with Crippen molar-refractivity contribution >= 4 is 16.0 Å². The first-order chi connectivity index (χ1) is 9.35. The molecule has 0 saturated heterocycles. The molecule has 20 heavy (non-hydrogen) atoms. The Bertz CT molecular complexity index is 613. The summed E-state index contributed by atoms with van der Waals surface area (Å²) in [6.45, 7) is 0.203. The van der Waals surface area contributed by atoms with E-state index in [2.05, 4.69) is 0 Å². The molecule has 110 valence electrons. The number of fused-ring (bicyclic) bond motifs is 1. The van der Waals surface area contributed by atoms with Crippen molar-refractivity contribution in [2.24, 2.45) is 5.73 Å². The molecule has 0 aliphatic carbocycles. The third-order valence-electron chi connectivity index (χ3n) is 3.32. The van der Waals surface area contributed by atoms with Gasteiger partial charge in [-0.25, -0.2) is 0 Å². The van der Waals surface area contributed by atoms with E-state index in [4.69, 9.17) is 14.7 Å². The molecule has 1 unspecified atom stereocenters. The fourth-order valence-electron chi connectivity index (χ4n) is 2.42. The molecule has 1 aliphatic rings. The lowest BCUT2D eigenvalue weighted by Crippen LogP contribution is -2.47. The van der Waals surface area contributed by atoms with Crippen LogP contribution in [0.15, 0.2) is 24.3 Å². The number of benzene rings is 1. The second kappa shape index (κ2) is 5.51. The lowest BCUT2D eigenvalue weighted by atomic mass is 9.83. The molecule has 0 radical (unpaired) electrons. The molecule has 6 nitrogen and oxygen atoms in total. The molecule has 1 aromatic rings. The highest BCUT2D eigenvalue weighted by Crippen LogP contribution is 2.36. The van der Waals surface area contributed by atoms with Gasteiger partial charge in [-0.3, -0.25) is 8.98 Å². The van der Waals surface area contributed by atoms with Gasteiger partial charge >= 0.3 is 0 Å². The highest BCUT2D eigenvalue weighted by molar-refractivity contribution is 7.85. The zero-order valence-electron chi connectivity index (χ0n) is 11.2. The molecule has 1 atom stereocenters. The summed E-state index contributed by atoms with van der Waals surface area (Å²) < 4.78 is 32.4. The summed E-state index contributed by atoms with van der Waals surface area (Å²) in [6, 6.07) is 7.36. The molecule has 7 heteroatoms. The summed E-state index contributed by atoms with van der Waals surface area (Å²) in [4.78, 5) is 11.9. The van der Waals surface area contributed by atoms with Crippen molar-refractivity contribution in [1.82, 2.24) is 0 Å². The number of hydrogen-bond acceptors (Lipinski definition) is 5. The van der Waals surface area contributed by atoms with E-state index in [1.165, 1.54) is 0 Å². The Balaban J connectivity index is 2.30. The Morgan fingerprint density at radius 3 is 2.80 bits per heavy atom. The van der Waals surface area contributed by atoms with Crippen molar-refractivity contribution in [2.45, 2.75) is 18.4 Å². The highest BCUT2D eigenvalue weighted by atomic mass is 32.2. The van der Waals surface area contributed by atoms with Crippen LogP contribution in [0.1, 0.15) is 17.5 Å². The minimum absolute atomic E-state index is 0.0619. The van der Waals surface area contributed by atoms with Crippen LogP contribution < -0.4 is 5.73 Å². The van der Waals surface area contributed by atoms with Crippen molar-refractivity contribution in [2.75, 3.05) is 19.5 Å². The number of amides is 1. The van der Waals surface area contributed by atoms with Gasteiger partial charge in [-0.1, -0.05) is 24.3 Å². The van der Waals surface area contributed by atoms with Crippen LogP contribution in [-0.2, 0) is 35.9 Å². The van der Waals surface area contributed by atoms with E-state index in [1.54, 1.807) is 12.1 Å². The molecule has 1 aromatic carbocycles. The Hall–Kier alpha value is -1.44. The zero-order valence-corrected chi connectivity index (χ0v) is 12.0. The molecule has 0 spiro atoms. The standard InChI is InChI=1S/C13H17NO5S/c1-20(16,17)19-9-7-13(12(14)15)11-5-3-2-4-10(11)6-8-18-13/h2-5H,6-9H2,1H3,(H2,14,15). The number of carbonyl (C=O) groups excluding carboxylic acids is 1. The van der Waals surface area contributed by atoms with Gasteiger partial charge in [0.25, 0.3) is 16.0 Å². The van der Waals surface area contributed by atoms with Crippen LogP contribution in [0.3, 0.4) is 0 Å². The van der Waals surface area contributed by atoms with E-state index in [0.717, 1.165) is 11.8 Å². The van der Waals surface area contributed by atoms with E-state index < -0.39 is 21.6 Å². The quantitative estimate of drug-likeness (QED) is 0.789. The van der Waals surface area contributed by atoms with Gasteiger partial charge in [0.15, 0.2) is 5.60 Å². The van der Waals surface area contributed by atoms with E-state index in [1.807, 2.05) is 12.1 Å². The van der Waals surface area contributed by atoms with Crippen molar-refractivity contribution in [3.8, 4) is 0 Å². The zero-order chi connectivity index (χ0) is 14.8. The molecule has 0 bridgehead atoms. The van der Waals surface area contributed by atoms with Gasteiger partial charge in [0, 0.05) is 6.42 Å². The topological polar surface area (TPSA) is 95.7 Å². The van der Waals surface area contributed by atoms with Crippen molar-refractivity contribution < 1.29 is 22.1 Å². The van der Waals surface area contributed by atoms with Gasteiger partial charge in [-0.2, -0.15) is 8.42 Å². The van der Waals surface area contributed by atoms with Crippen molar-refractivity contribution in [3.05, 3.63) is 35.4 Å². The Morgan fingerprint density at radius 1 is 1.45 bits per heavy atom. The smallest absolute Gasteiger partial charge is 0.264 e. The monoisotopic (exact) mass is 299 g/mol. The predicted octanol–water partition coefficient (Wildman–Crippen LogP) is 0.306. The third-order valence-corrected chi connectivity index (χ3v) is 3.92. The SMILES string of the molecule is CS(=O)(=O)OCCC1(C(N)=O)OCCc2ccccc21. The minimum Gasteiger partial charge on any atom is -0.367 e. The number of carbonyl (C=O) groups is 1. The molecule has 0 aromatic heterocycles. The van der Waals surface area contributed by atoms with Gasteiger partial charge in [-0.15, -0.1) is 0 Å². The Morgan fingerprint density at radius 2 is 2.15 bits per heavy atom. The summed E-state index contributed by atoms with van der Waals surface area (Å²) in [5.74, 6) is -0.637. The van der Waals surface area contributed by atoms with E-state index in [-0.39, 0.29) is 13.0 Å². The first-order valence-electron chi connectivity index (χ1n) is 6.22. The Kier molecular flexibility index (Phi) is 4.12. The normalized spacial score (nSPS) is 22.2. The molecule has 1 heterocycles. The first-order valence-corrected chi connectivity index (χ1v) is 8.03. The molecule has 1 amide bonds. The number of nitrogens with two attached hydrogens (primary N) is 1. The average Bonchev–Trinajstić information content (AvgIpc) is 2.37. The van der Waals surface area contributed by atoms with Crippen LogP contribution in [-0.4, -0.2) is 33.8 Å². The number of primary amides is 1. The van der Waals surface area contributed by atoms with Crippen LogP contribution in [0.4, 0.5) is 0 Å². The highest BCUT2D eigenvalue weighted by Gasteiger charge is 2.43. The summed E-state index contributed by atoms with van der Waals surface area (Å²) >= 11 is 0. The minimum atomic E-state index is -3.56. The molecular weight excluding hydrogens is 282 g/mol.